The first-order chi connectivity index (χ1) is 12.8. The average Bonchev–Trinajstić information content (AvgIpc) is 2.64. The number of halogens is 1. The molecule has 0 aliphatic heterocycles. The van der Waals surface area contributed by atoms with Crippen molar-refractivity contribution in [3.63, 3.8) is 0 Å². The number of hydrogen-bond donors (Lipinski definition) is 3. The molecule has 10 heteroatoms. The van der Waals surface area contributed by atoms with E-state index in [1.165, 1.54) is 12.1 Å². The molecule has 0 atom stereocenters. The van der Waals surface area contributed by atoms with Crippen LogP contribution < -0.4 is 16.6 Å². The third-order valence-electron chi connectivity index (χ3n) is 3.72. The number of nitrogen functional groups attached to an aromatic ring is 1. The van der Waals surface area contributed by atoms with Crippen LogP contribution in [0.3, 0.4) is 0 Å². The number of aromatic amines is 1. The Morgan fingerprint density at radius 2 is 1.89 bits per heavy atom. The maximum Gasteiger partial charge on any atom is 0.277 e. The lowest BCUT2D eigenvalue weighted by Crippen LogP contribution is -2.32. The van der Waals surface area contributed by atoms with E-state index in [2.05, 4.69) is 15.3 Å². The largest absolute Gasteiger partial charge is 0.382 e. The fourth-order valence-corrected chi connectivity index (χ4v) is 3.14. The van der Waals surface area contributed by atoms with Crippen molar-refractivity contribution in [2.24, 2.45) is 0 Å². The molecule has 1 heterocycles. The Hall–Kier alpha value is -2.52. The molecule has 0 saturated heterocycles. The Labute approximate surface area is 165 Å². The molecule has 27 heavy (non-hydrogen) atoms. The molecule has 0 aliphatic rings. The number of rotatable bonds is 7. The Kier molecular flexibility index (Phi) is 7.26. The van der Waals surface area contributed by atoms with Gasteiger partial charge in [-0.05, 0) is 38.1 Å². The summed E-state index contributed by atoms with van der Waals surface area (Å²) < 4.78 is 0. The van der Waals surface area contributed by atoms with Gasteiger partial charge >= 0.3 is 0 Å². The van der Waals surface area contributed by atoms with Crippen molar-refractivity contribution in [2.45, 2.75) is 19.0 Å². The van der Waals surface area contributed by atoms with Crippen LogP contribution in [0.5, 0.6) is 0 Å². The number of carbonyl (C=O) groups excluding carboxylic acids is 2. The van der Waals surface area contributed by atoms with Crippen molar-refractivity contribution in [1.29, 1.82) is 0 Å². The normalized spacial score (nSPS) is 10.5. The van der Waals surface area contributed by atoms with E-state index in [-0.39, 0.29) is 28.3 Å². The summed E-state index contributed by atoms with van der Waals surface area (Å²) in [5.74, 6) is -0.575. The SMILES string of the molecule is CCN(CC)C(=O)CSc1nc(N)c(NC(=O)c2ccc(Cl)cc2)c(=O)[nH]1. The van der Waals surface area contributed by atoms with Gasteiger partial charge in [0.15, 0.2) is 11.0 Å². The summed E-state index contributed by atoms with van der Waals surface area (Å²) in [5, 5.41) is 3.15. The van der Waals surface area contributed by atoms with Gasteiger partial charge in [0.05, 0.1) is 5.75 Å². The van der Waals surface area contributed by atoms with Crippen LogP contribution >= 0.6 is 23.4 Å². The highest BCUT2D eigenvalue weighted by Crippen LogP contribution is 2.18. The van der Waals surface area contributed by atoms with Gasteiger partial charge in [-0.25, -0.2) is 4.98 Å². The number of amides is 2. The summed E-state index contributed by atoms with van der Waals surface area (Å²) in [6.45, 7) is 5.00. The molecule has 1 aromatic carbocycles. The van der Waals surface area contributed by atoms with Crippen LogP contribution in [-0.4, -0.2) is 45.5 Å². The number of carbonyl (C=O) groups is 2. The first-order valence-electron chi connectivity index (χ1n) is 8.23. The number of H-pyrrole nitrogens is 1. The van der Waals surface area contributed by atoms with Crippen molar-refractivity contribution >= 4 is 46.7 Å². The van der Waals surface area contributed by atoms with Gasteiger partial charge in [-0.3, -0.25) is 19.4 Å². The van der Waals surface area contributed by atoms with Crippen molar-refractivity contribution in [2.75, 3.05) is 29.9 Å². The number of aromatic nitrogens is 2. The van der Waals surface area contributed by atoms with Gasteiger partial charge < -0.3 is 16.0 Å². The summed E-state index contributed by atoms with van der Waals surface area (Å²) in [6.07, 6.45) is 0. The Balaban J connectivity index is 2.10. The minimum absolute atomic E-state index is 0.0636. The zero-order valence-corrected chi connectivity index (χ0v) is 16.5. The summed E-state index contributed by atoms with van der Waals surface area (Å²) in [5.41, 5.74) is 5.40. The van der Waals surface area contributed by atoms with Gasteiger partial charge in [0.25, 0.3) is 11.5 Å². The Morgan fingerprint density at radius 1 is 1.26 bits per heavy atom. The van der Waals surface area contributed by atoms with Gasteiger partial charge in [0, 0.05) is 23.7 Å². The molecule has 1 aromatic heterocycles. The lowest BCUT2D eigenvalue weighted by Gasteiger charge is -2.18. The van der Waals surface area contributed by atoms with Crippen molar-refractivity contribution in [3.05, 3.63) is 45.2 Å². The molecule has 4 N–H and O–H groups in total. The maximum atomic E-state index is 12.3. The minimum atomic E-state index is -0.595. The number of thioether (sulfide) groups is 1. The molecule has 0 aliphatic carbocycles. The van der Waals surface area contributed by atoms with E-state index in [1.807, 2.05) is 13.8 Å². The first kappa shape index (κ1) is 20.8. The van der Waals surface area contributed by atoms with Gasteiger partial charge in [-0.2, -0.15) is 0 Å². The van der Waals surface area contributed by atoms with Crippen LogP contribution in [0.4, 0.5) is 11.5 Å². The Morgan fingerprint density at radius 3 is 2.44 bits per heavy atom. The molecule has 0 fully saturated rings. The highest BCUT2D eigenvalue weighted by molar-refractivity contribution is 7.99. The highest BCUT2D eigenvalue weighted by atomic mass is 35.5. The Bertz CT molecular complexity index is 881. The molecular formula is C17H20ClN5O3S. The molecular weight excluding hydrogens is 390 g/mol. The van der Waals surface area contributed by atoms with E-state index in [0.29, 0.717) is 23.7 Å². The molecule has 0 radical (unpaired) electrons. The summed E-state index contributed by atoms with van der Waals surface area (Å²) in [7, 11) is 0. The van der Waals surface area contributed by atoms with Gasteiger partial charge in [-0.15, -0.1) is 0 Å². The predicted molar refractivity (Wildman–Crippen MR) is 107 cm³/mol. The molecule has 0 unspecified atom stereocenters. The van der Waals surface area contributed by atoms with Gasteiger partial charge in [-0.1, -0.05) is 23.4 Å². The van der Waals surface area contributed by atoms with Crippen molar-refractivity contribution in [3.8, 4) is 0 Å². The van der Waals surface area contributed by atoms with Crippen LogP contribution in [0, 0.1) is 0 Å². The lowest BCUT2D eigenvalue weighted by atomic mass is 10.2. The maximum absolute atomic E-state index is 12.3. The summed E-state index contributed by atoms with van der Waals surface area (Å²) >= 11 is 6.86. The second kappa shape index (κ2) is 9.43. The molecule has 0 saturated carbocycles. The molecule has 8 nitrogen and oxygen atoms in total. The lowest BCUT2D eigenvalue weighted by molar-refractivity contribution is -0.127. The highest BCUT2D eigenvalue weighted by Gasteiger charge is 2.16. The number of hydrogen-bond acceptors (Lipinski definition) is 6. The number of nitrogens with zero attached hydrogens (tertiary/aromatic N) is 2. The van der Waals surface area contributed by atoms with E-state index >= 15 is 0 Å². The predicted octanol–water partition coefficient (Wildman–Crippen LogP) is 2.22. The topological polar surface area (TPSA) is 121 Å². The van der Waals surface area contributed by atoms with Crippen molar-refractivity contribution in [1.82, 2.24) is 14.9 Å². The second-order valence-corrected chi connectivity index (χ2v) is 6.85. The fraction of sp³-hybridized carbons (Fsp3) is 0.294. The standard InChI is InChI=1S/C17H20ClN5O3S/c1-3-23(4-2)12(24)9-27-17-21-14(19)13(16(26)22-17)20-15(25)10-5-7-11(18)8-6-10/h5-8H,3-4,9H2,1-2H3,(H,20,25)(H3,19,21,22,26). The molecule has 0 spiro atoms. The molecule has 0 bridgehead atoms. The zero-order valence-electron chi connectivity index (χ0n) is 14.9. The number of anilines is 2. The number of nitrogens with two attached hydrogens (primary N) is 1. The van der Waals surface area contributed by atoms with Gasteiger partial charge in [0.1, 0.15) is 5.69 Å². The van der Waals surface area contributed by atoms with Crippen LogP contribution in [0.25, 0.3) is 0 Å². The van der Waals surface area contributed by atoms with Crippen LogP contribution in [0.15, 0.2) is 34.2 Å². The van der Waals surface area contributed by atoms with Crippen LogP contribution in [-0.2, 0) is 4.79 Å². The second-order valence-electron chi connectivity index (χ2n) is 5.45. The zero-order chi connectivity index (χ0) is 20.0. The van der Waals surface area contributed by atoms with E-state index in [4.69, 9.17) is 17.3 Å². The minimum Gasteiger partial charge on any atom is -0.382 e. The molecule has 2 aromatic rings. The van der Waals surface area contributed by atoms with E-state index in [0.717, 1.165) is 11.8 Å². The third-order valence-corrected chi connectivity index (χ3v) is 4.83. The van der Waals surface area contributed by atoms with Crippen molar-refractivity contribution < 1.29 is 9.59 Å². The van der Waals surface area contributed by atoms with E-state index in [1.54, 1.807) is 17.0 Å². The summed E-state index contributed by atoms with van der Waals surface area (Å²) in [4.78, 5) is 44.8. The van der Waals surface area contributed by atoms with E-state index < -0.39 is 11.5 Å². The molecule has 2 rings (SSSR count). The first-order valence-corrected chi connectivity index (χ1v) is 9.59. The number of benzene rings is 1. The molecule has 2 amide bonds. The monoisotopic (exact) mass is 409 g/mol. The summed E-state index contributed by atoms with van der Waals surface area (Å²) in [6, 6.07) is 6.18. The third kappa shape index (κ3) is 5.48. The quantitative estimate of drug-likeness (QED) is 0.476. The van der Waals surface area contributed by atoms with Crippen LogP contribution in [0.1, 0.15) is 24.2 Å². The molecule has 144 valence electrons. The number of nitrogens with one attached hydrogen (secondary N) is 2. The van der Waals surface area contributed by atoms with Crippen LogP contribution in [0.2, 0.25) is 5.02 Å². The smallest absolute Gasteiger partial charge is 0.277 e. The fourth-order valence-electron chi connectivity index (χ4n) is 2.24. The average molecular weight is 410 g/mol. The van der Waals surface area contributed by atoms with Gasteiger partial charge in [0.2, 0.25) is 5.91 Å². The van der Waals surface area contributed by atoms with E-state index in [9.17, 15) is 14.4 Å².